The Hall–Kier alpha value is -3.72. The zero-order valence-electron chi connectivity index (χ0n) is 19.6. The maximum absolute atomic E-state index is 13.3. The molecule has 180 valence electrons. The number of carbonyl (C=O) groups excluding carboxylic acids is 2. The molecule has 2 aliphatic heterocycles. The predicted octanol–water partition coefficient (Wildman–Crippen LogP) is 4.59. The van der Waals surface area contributed by atoms with Crippen molar-refractivity contribution in [3.63, 3.8) is 0 Å². The number of ketones is 1. The summed E-state index contributed by atoms with van der Waals surface area (Å²) in [5, 5.41) is 20.5. The van der Waals surface area contributed by atoms with Crippen molar-refractivity contribution in [1.82, 2.24) is 10.2 Å². The van der Waals surface area contributed by atoms with Gasteiger partial charge >= 0.3 is 5.91 Å². The van der Waals surface area contributed by atoms with Crippen molar-refractivity contribution in [3.8, 4) is 11.5 Å². The van der Waals surface area contributed by atoms with Gasteiger partial charge < -0.3 is 14.6 Å². The number of fused-ring (bicyclic) bond motifs is 1. The van der Waals surface area contributed by atoms with E-state index in [1.807, 2.05) is 19.9 Å². The normalized spacial score (nSPS) is 20.7. The number of rotatable bonds is 6. The molecule has 5 rings (SSSR count). The van der Waals surface area contributed by atoms with Crippen LogP contribution in [0.4, 0.5) is 5.13 Å². The van der Waals surface area contributed by atoms with Gasteiger partial charge in [0.2, 0.25) is 5.13 Å². The van der Waals surface area contributed by atoms with Gasteiger partial charge in [-0.05, 0) is 61.7 Å². The quantitative estimate of drug-likeness (QED) is 0.306. The smallest absolute Gasteiger partial charge is 0.301 e. The van der Waals surface area contributed by atoms with E-state index in [0.717, 1.165) is 17.7 Å². The second-order valence-corrected chi connectivity index (χ2v) is 9.81. The minimum atomic E-state index is -0.856. The average Bonchev–Trinajstić information content (AvgIpc) is 3.52. The summed E-state index contributed by atoms with van der Waals surface area (Å²) in [6.07, 6.45) is 1.63. The monoisotopic (exact) mass is 491 g/mol. The first kappa shape index (κ1) is 23.0. The van der Waals surface area contributed by atoms with Gasteiger partial charge in [-0.3, -0.25) is 14.5 Å². The highest BCUT2D eigenvalue weighted by Gasteiger charge is 2.48. The maximum atomic E-state index is 13.3. The molecule has 2 atom stereocenters. The SMILES string of the molecule is CCCOc1ccc(C2/C(=C(/O)c3ccc4c(c3)CC(C)O4)C(=O)C(=O)N2c2nnc(C)s2)cc1. The first-order chi connectivity index (χ1) is 16.9. The molecule has 9 heteroatoms. The van der Waals surface area contributed by atoms with E-state index in [9.17, 15) is 14.7 Å². The van der Waals surface area contributed by atoms with Crippen LogP contribution in [0.25, 0.3) is 5.76 Å². The molecule has 0 spiro atoms. The summed E-state index contributed by atoms with van der Waals surface area (Å²) in [6.45, 7) is 6.36. The summed E-state index contributed by atoms with van der Waals surface area (Å²) in [5.74, 6) is -0.301. The molecule has 0 bridgehead atoms. The van der Waals surface area contributed by atoms with Gasteiger partial charge in [0, 0.05) is 12.0 Å². The fraction of sp³-hybridized carbons (Fsp3) is 0.308. The van der Waals surface area contributed by atoms with Crippen LogP contribution in [-0.4, -0.2) is 39.7 Å². The largest absolute Gasteiger partial charge is 0.507 e. The number of aliphatic hydroxyl groups excluding tert-OH is 1. The van der Waals surface area contributed by atoms with Gasteiger partial charge in [0.1, 0.15) is 28.4 Å². The minimum absolute atomic E-state index is 0.0111. The fourth-order valence-electron chi connectivity index (χ4n) is 4.42. The number of carbonyl (C=O) groups is 2. The molecular formula is C26H25N3O5S. The number of amides is 1. The van der Waals surface area contributed by atoms with Crippen LogP contribution in [0.5, 0.6) is 11.5 Å². The van der Waals surface area contributed by atoms with E-state index in [-0.39, 0.29) is 17.4 Å². The standard InChI is InChI=1S/C26H25N3O5S/c1-4-11-33-19-8-5-16(6-9-19)22-21(24(31)25(32)29(22)26-28-27-15(3)35-26)23(30)17-7-10-20-18(13-17)12-14(2)34-20/h5-10,13-14,22,30H,4,11-12H2,1-3H3/b23-21-. The van der Waals surface area contributed by atoms with E-state index >= 15 is 0 Å². The molecule has 8 nitrogen and oxygen atoms in total. The Morgan fingerprint density at radius 1 is 1.20 bits per heavy atom. The van der Waals surface area contributed by atoms with E-state index in [2.05, 4.69) is 10.2 Å². The van der Waals surface area contributed by atoms with Crippen LogP contribution in [0, 0.1) is 6.92 Å². The Labute approximate surface area is 206 Å². The van der Waals surface area contributed by atoms with E-state index in [1.165, 1.54) is 16.2 Å². The van der Waals surface area contributed by atoms with E-state index in [1.54, 1.807) is 43.3 Å². The summed E-state index contributed by atoms with van der Waals surface area (Å²) in [4.78, 5) is 27.8. The molecule has 1 N–H and O–H groups in total. The topological polar surface area (TPSA) is 102 Å². The molecule has 0 saturated carbocycles. The molecule has 35 heavy (non-hydrogen) atoms. The number of Topliss-reactive ketones (excluding diaryl/α,β-unsaturated/α-hetero) is 1. The molecule has 0 aliphatic carbocycles. The number of hydrogen-bond donors (Lipinski definition) is 1. The van der Waals surface area contributed by atoms with Gasteiger partial charge in [-0.15, -0.1) is 10.2 Å². The lowest BCUT2D eigenvalue weighted by Gasteiger charge is -2.22. The van der Waals surface area contributed by atoms with Crippen LogP contribution >= 0.6 is 11.3 Å². The van der Waals surface area contributed by atoms with Crippen LogP contribution in [-0.2, 0) is 16.0 Å². The van der Waals surface area contributed by atoms with Gasteiger partial charge in [-0.25, -0.2) is 0 Å². The number of nitrogens with zero attached hydrogens (tertiary/aromatic N) is 3. The van der Waals surface area contributed by atoms with E-state index in [4.69, 9.17) is 9.47 Å². The minimum Gasteiger partial charge on any atom is -0.507 e. The van der Waals surface area contributed by atoms with Crippen LogP contribution in [0.1, 0.15) is 48.0 Å². The summed E-state index contributed by atoms with van der Waals surface area (Å²) < 4.78 is 11.4. The molecule has 1 saturated heterocycles. The number of aromatic nitrogens is 2. The zero-order chi connectivity index (χ0) is 24.7. The van der Waals surface area contributed by atoms with E-state index in [0.29, 0.717) is 40.0 Å². The molecule has 1 amide bonds. The lowest BCUT2D eigenvalue weighted by molar-refractivity contribution is -0.132. The Bertz CT molecular complexity index is 1330. The number of hydrogen-bond acceptors (Lipinski definition) is 8. The number of aliphatic hydroxyl groups is 1. The third-order valence-corrected chi connectivity index (χ3v) is 6.84. The Balaban J connectivity index is 1.62. The molecule has 3 aromatic rings. The van der Waals surface area contributed by atoms with E-state index < -0.39 is 17.7 Å². The van der Waals surface area contributed by atoms with Crippen molar-refractivity contribution in [2.24, 2.45) is 0 Å². The first-order valence-electron chi connectivity index (χ1n) is 11.5. The molecule has 2 unspecified atom stereocenters. The van der Waals surface area contributed by atoms with Crippen molar-refractivity contribution in [2.75, 3.05) is 11.5 Å². The Morgan fingerprint density at radius 2 is 1.97 bits per heavy atom. The lowest BCUT2D eigenvalue weighted by atomic mass is 9.94. The number of aryl methyl sites for hydroxylation is 1. The van der Waals surface area contributed by atoms with Crippen LogP contribution in [0.15, 0.2) is 48.0 Å². The summed E-state index contributed by atoms with van der Waals surface area (Å²) in [7, 11) is 0. The third kappa shape index (κ3) is 4.16. The second kappa shape index (κ2) is 9.14. The molecule has 1 aromatic heterocycles. The summed E-state index contributed by atoms with van der Waals surface area (Å²) >= 11 is 1.21. The lowest BCUT2D eigenvalue weighted by Crippen LogP contribution is -2.29. The summed E-state index contributed by atoms with van der Waals surface area (Å²) in [6, 6.07) is 11.6. The van der Waals surface area contributed by atoms with Crippen molar-refractivity contribution in [2.45, 2.75) is 45.8 Å². The zero-order valence-corrected chi connectivity index (χ0v) is 20.5. The van der Waals surface area contributed by atoms with Crippen LogP contribution in [0.2, 0.25) is 0 Å². The third-order valence-electron chi connectivity index (χ3n) is 6.00. The fourth-order valence-corrected chi connectivity index (χ4v) is 5.13. The van der Waals surface area contributed by atoms with Crippen molar-refractivity contribution in [3.05, 3.63) is 69.7 Å². The Morgan fingerprint density at radius 3 is 2.66 bits per heavy atom. The van der Waals surface area contributed by atoms with Gasteiger partial charge in [0.15, 0.2) is 0 Å². The molecule has 0 radical (unpaired) electrons. The van der Waals surface area contributed by atoms with Crippen molar-refractivity contribution >= 4 is 33.9 Å². The molecule has 1 fully saturated rings. The Kier molecular flexibility index (Phi) is 6.02. The number of ether oxygens (including phenoxy) is 2. The van der Waals surface area contributed by atoms with Crippen molar-refractivity contribution in [1.29, 1.82) is 0 Å². The molecule has 3 heterocycles. The highest BCUT2D eigenvalue weighted by atomic mass is 32.1. The highest BCUT2D eigenvalue weighted by Crippen LogP contribution is 2.43. The second-order valence-electron chi connectivity index (χ2n) is 8.65. The highest BCUT2D eigenvalue weighted by molar-refractivity contribution is 7.15. The number of benzene rings is 2. The predicted molar refractivity (Wildman–Crippen MR) is 132 cm³/mol. The van der Waals surface area contributed by atoms with Gasteiger partial charge in [0.05, 0.1) is 18.2 Å². The van der Waals surface area contributed by atoms with Gasteiger partial charge in [-0.1, -0.05) is 30.4 Å². The van der Waals surface area contributed by atoms with Gasteiger partial charge in [0.25, 0.3) is 5.78 Å². The molecule has 2 aliphatic rings. The maximum Gasteiger partial charge on any atom is 0.301 e. The number of anilines is 1. The average molecular weight is 492 g/mol. The molecule has 2 aromatic carbocycles. The van der Waals surface area contributed by atoms with Crippen LogP contribution in [0.3, 0.4) is 0 Å². The summed E-state index contributed by atoms with van der Waals surface area (Å²) in [5.41, 5.74) is 2.07. The first-order valence-corrected chi connectivity index (χ1v) is 12.3. The van der Waals surface area contributed by atoms with Crippen LogP contribution < -0.4 is 14.4 Å². The van der Waals surface area contributed by atoms with Gasteiger partial charge in [-0.2, -0.15) is 0 Å². The van der Waals surface area contributed by atoms with Crippen molar-refractivity contribution < 1.29 is 24.2 Å². The molecular weight excluding hydrogens is 466 g/mol.